The Kier molecular flexibility index (Phi) is 5.31. The number of aromatic carboxylic acids is 1. The van der Waals surface area contributed by atoms with Crippen molar-refractivity contribution in [2.75, 3.05) is 25.4 Å². The molecule has 0 radical (unpaired) electrons. The van der Waals surface area contributed by atoms with Gasteiger partial charge in [-0.2, -0.15) is 11.8 Å². The topological polar surface area (TPSA) is 58.6 Å². The van der Waals surface area contributed by atoms with Crippen LogP contribution in [0, 0.1) is 0 Å². The van der Waals surface area contributed by atoms with Crippen LogP contribution in [-0.2, 0) is 0 Å². The maximum atomic E-state index is 10.7. The molecular formula is C15H21NO3S. The largest absolute Gasteiger partial charge is 0.492 e. The van der Waals surface area contributed by atoms with Gasteiger partial charge in [0.2, 0.25) is 0 Å². The molecular weight excluding hydrogens is 274 g/mol. The van der Waals surface area contributed by atoms with Crippen LogP contribution in [0.2, 0.25) is 0 Å². The molecule has 1 saturated heterocycles. The lowest BCUT2D eigenvalue weighted by Crippen LogP contribution is -2.35. The highest BCUT2D eigenvalue weighted by atomic mass is 32.2. The molecule has 1 aliphatic rings. The summed E-state index contributed by atoms with van der Waals surface area (Å²) in [4.78, 5) is 10.7. The normalized spacial score (nSPS) is 21.9. The first-order valence-electron chi connectivity index (χ1n) is 6.90. The molecule has 1 fully saturated rings. The highest BCUT2D eigenvalue weighted by molar-refractivity contribution is 8.00. The molecule has 1 aromatic carbocycles. The highest BCUT2D eigenvalue weighted by Crippen LogP contribution is 2.36. The van der Waals surface area contributed by atoms with Crippen molar-refractivity contribution in [3.05, 3.63) is 29.8 Å². The van der Waals surface area contributed by atoms with E-state index in [2.05, 4.69) is 12.2 Å². The lowest BCUT2D eigenvalue weighted by molar-refractivity contribution is 0.0697. The zero-order valence-electron chi connectivity index (χ0n) is 11.7. The summed E-state index contributed by atoms with van der Waals surface area (Å²) in [5.41, 5.74) is 0.279. The number of carbonyl (C=O) groups is 1. The first-order chi connectivity index (χ1) is 9.59. The Morgan fingerprint density at radius 2 is 2.20 bits per heavy atom. The molecule has 0 saturated carbocycles. The Labute approximate surface area is 123 Å². The standard InChI is InChI=1S/C15H21NO3S/c1-15(7-2-10-20-15)11-16-8-9-19-13-5-3-12(4-6-13)14(17)18/h3-6,16H,2,7-11H2,1H3,(H,17,18). The average molecular weight is 295 g/mol. The number of thioether (sulfide) groups is 1. The SMILES string of the molecule is CC1(CNCCOc2ccc(C(=O)O)cc2)CCCS1. The molecule has 0 bridgehead atoms. The van der Waals surface area contributed by atoms with Crippen LogP contribution in [0.15, 0.2) is 24.3 Å². The maximum Gasteiger partial charge on any atom is 0.335 e. The minimum atomic E-state index is -0.916. The Morgan fingerprint density at radius 3 is 2.80 bits per heavy atom. The smallest absolute Gasteiger partial charge is 0.335 e. The van der Waals surface area contributed by atoms with E-state index in [1.807, 2.05) is 11.8 Å². The predicted octanol–water partition coefficient (Wildman–Crippen LogP) is 2.64. The van der Waals surface area contributed by atoms with Gasteiger partial charge in [-0.1, -0.05) is 0 Å². The monoisotopic (exact) mass is 295 g/mol. The molecule has 0 aromatic heterocycles. The summed E-state index contributed by atoms with van der Waals surface area (Å²) in [6.45, 7) is 4.71. The summed E-state index contributed by atoms with van der Waals surface area (Å²) >= 11 is 2.04. The molecule has 110 valence electrons. The highest BCUT2D eigenvalue weighted by Gasteiger charge is 2.28. The number of ether oxygens (including phenoxy) is 1. The fourth-order valence-corrected chi connectivity index (χ4v) is 3.54. The molecule has 2 rings (SSSR count). The molecule has 1 aromatic rings. The molecule has 0 aliphatic carbocycles. The molecule has 4 nitrogen and oxygen atoms in total. The first-order valence-corrected chi connectivity index (χ1v) is 7.88. The first kappa shape index (κ1) is 15.2. The van der Waals surface area contributed by atoms with E-state index in [1.54, 1.807) is 24.3 Å². The third kappa shape index (κ3) is 4.42. The van der Waals surface area contributed by atoms with Crippen LogP contribution < -0.4 is 10.1 Å². The van der Waals surface area contributed by atoms with Gasteiger partial charge < -0.3 is 15.2 Å². The van der Waals surface area contributed by atoms with Crippen molar-refractivity contribution in [3.8, 4) is 5.75 Å². The Hall–Kier alpha value is -1.20. The number of benzene rings is 1. The summed E-state index contributed by atoms with van der Waals surface area (Å²) in [7, 11) is 0. The minimum Gasteiger partial charge on any atom is -0.492 e. The van der Waals surface area contributed by atoms with Gasteiger partial charge in [0, 0.05) is 17.8 Å². The van der Waals surface area contributed by atoms with E-state index in [4.69, 9.17) is 9.84 Å². The van der Waals surface area contributed by atoms with Crippen molar-refractivity contribution in [1.29, 1.82) is 0 Å². The van der Waals surface area contributed by atoms with E-state index in [1.165, 1.54) is 18.6 Å². The third-order valence-corrected chi connectivity index (χ3v) is 4.99. The lowest BCUT2D eigenvalue weighted by Gasteiger charge is -2.22. The molecule has 1 unspecified atom stereocenters. The Balaban J connectivity index is 1.64. The van der Waals surface area contributed by atoms with Crippen molar-refractivity contribution in [3.63, 3.8) is 0 Å². The zero-order chi connectivity index (χ0) is 14.4. The van der Waals surface area contributed by atoms with E-state index in [-0.39, 0.29) is 5.56 Å². The van der Waals surface area contributed by atoms with E-state index in [9.17, 15) is 4.79 Å². The second-order valence-corrected chi connectivity index (χ2v) is 6.94. The number of rotatable bonds is 7. The quantitative estimate of drug-likeness (QED) is 0.757. The second kappa shape index (κ2) is 6.99. The van der Waals surface area contributed by atoms with Crippen LogP contribution in [0.25, 0.3) is 0 Å². The summed E-state index contributed by atoms with van der Waals surface area (Å²) in [5, 5.41) is 12.2. The molecule has 1 atom stereocenters. The predicted molar refractivity (Wildman–Crippen MR) is 81.9 cm³/mol. The minimum absolute atomic E-state index is 0.279. The van der Waals surface area contributed by atoms with Gasteiger partial charge in [0.05, 0.1) is 5.56 Å². The number of carboxylic acids is 1. The molecule has 0 amide bonds. The van der Waals surface area contributed by atoms with Crippen LogP contribution in [0.5, 0.6) is 5.75 Å². The van der Waals surface area contributed by atoms with Gasteiger partial charge in [0.15, 0.2) is 0 Å². The molecule has 2 N–H and O–H groups in total. The number of hydrogen-bond acceptors (Lipinski definition) is 4. The van der Waals surface area contributed by atoms with Gasteiger partial charge in [-0.25, -0.2) is 4.79 Å². The molecule has 1 aliphatic heterocycles. The summed E-state index contributed by atoms with van der Waals surface area (Å²) in [5.74, 6) is 1.06. The van der Waals surface area contributed by atoms with Gasteiger partial charge in [-0.05, 0) is 49.8 Å². The van der Waals surface area contributed by atoms with Crippen LogP contribution in [-0.4, -0.2) is 41.3 Å². The van der Waals surface area contributed by atoms with Crippen molar-refractivity contribution in [2.45, 2.75) is 24.5 Å². The maximum absolute atomic E-state index is 10.7. The van der Waals surface area contributed by atoms with Crippen LogP contribution in [0.4, 0.5) is 0 Å². The molecule has 20 heavy (non-hydrogen) atoms. The van der Waals surface area contributed by atoms with Crippen molar-refractivity contribution >= 4 is 17.7 Å². The van der Waals surface area contributed by atoms with Crippen LogP contribution in [0.1, 0.15) is 30.1 Å². The fraction of sp³-hybridized carbons (Fsp3) is 0.533. The molecule has 1 heterocycles. The van der Waals surface area contributed by atoms with Gasteiger partial charge in [-0.15, -0.1) is 0 Å². The number of carboxylic acid groups (broad SMARTS) is 1. The van der Waals surface area contributed by atoms with E-state index >= 15 is 0 Å². The van der Waals surface area contributed by atoms with E-state index in [0.29, 0.717) is 17.1 Å². The third-order valence-electron chi connectivity index (χ3n) is 3.45. The number of hydrogen-bond donors (Lipinski definition) is 2. The Morgan fingerprint density at radius 1 is 1.45 bits per heavy atom. The lowest BCUT2D eigenvalue weighted by atomic mass is 10.1. The summed E-state index contributed by atoms with van der Waals surface area (Å²) < 4.78 is 5.95. The van der Waals surface area contributed by atoms with Crippen molar-refractivity contribution in [2.24, 2.45) is 0 Å². The van der Waals surface area contributed by atoms with Crippen molar-refractivity contribution in [1.82, 2.24) is 5.32 Å². The van der Waals surface area contributed by atoms with Crippen LogP contribution in [0.3, 0.4) is 0 Å². The zero-order valence-corrected chi connectivity index (χ0v) is 12.5. The second-order valence-electron chi connectivity index (χ2n) is 5.26. The fourth-order valence-electron chi connectivity index (χ4n) is 2.26. The summed E-state index contributed by atoms with van der Waals surface area (Å²) in [6.07, 6.45) is 2.59. The van der Waals surface area contributed by atoms with Gasteiger partial charge in [0.25, 0.3) is 0 Å². The summed E-state index contributed by atoms with van der Waals surface area (Å²) in [6, 6.07) is 6.50. The van der Waals surface area contributed by atoms with E-state index in [0.717, 1.165) is 13.1 Å². The average Bonchev–Trinajstić information content (AvgIpc) is 2.86. The van der Waals surface area contributed by atoms with Crippen molar-refractivity contribution < 1.29 is 14.6 Å². The van der Waals surface area contributed by atoms with Crippen LogP contribution >= 0.6 is 11.8 Å². The Bertz CT molecular complexity index is 441. The van der Waals surface area contributed by atoms with Gasteiger partial charge in [0.1, 0.15) is 12.4 Å². The van der Waals surface area contributed by atoms with Gasteiger partial charge >= 0.3 is 5.97 Å². The van der Waals surface area contributed by atoms with Gasteiger partial charge in [-0.3, -0.25) is 0 Å². The molecule has 5 heteroatoms. The van der Waals surface area contributed by atoms with E-state index < -0.39 is 5.97 Å². The number of nitrogens with one attached hydrogen (secondary N) is 1. The molecule has 0 spiro atoms.